The molecule has 152 valence electrons. The molecule has 0 atom stereocenters. The second kappa shape index (κ2) is 8.46. The van der Waals surface area contributed by atoms with Crippen molar-refractivity contribution >= 4 is 26.9 Å². The third kappa shape index (κ3) is 4.38. The van der Waals surface area contributed by atoms with Crippen LogP contribution in [-0.2, 0) is 23.1 Å². The van der Waals surface area contributed by atoms with E-state index in [0.29, 0.717) is 16.7 Å². The van der Waals surface area contributed by atoms with Crippen LogP contribution in [0.2, 0.25) is 0 Å². The Morgan fingerprint density at radius 1 is 0.900 bits per heavy atom. The standard InChI is InChI=1S/C22H20N4O3S/c1-2-16-10-12-18(13-11-16)30(27,28)26-21-22(29-15-17-7-5-6-14-23-17)25-20-9-4-3-8-19(20)24-21/h3-14H,2,15H2,1H3,(H,24,26). The van der Waals surface area contributed by atoms with Gasteiger partial charge in [-0.25, -0.2) is 18.4 Å². The van der Waals surface area contributed by atoms with Crippen LogP contribution in [0.25, 0.3) is 11.0 Å². The Hall–Kier alpha value is -3.52. The van der Waals surface area contributed by atoms with Crippen LogP contribution in [0.4, 0.5) is 5.82 Å². The van der Waals surface area contributed by atoms with Gasteiger partial charge < -0.3 is 4.74 Å². The zero-order chi connectivity index (χ0) is 21.0. The number of nitrogens with one attached hydrogen (secondary N) is 1. The van der Waals surface area contributed by atoms with Crippen LogP contribution in [0.15, 0.2) is 77.8 Å². The first-order chi connectivity index (χ1) is 14.5. The molecule has 2 aromatic carbocycles. The van der Waals surface area contributed by atoms with Gasteiger partial charge in [-0.1, -0.05) is 37.3 Å². The molecule has 0 radical (unpaired) electrons. The maximum Gasteiger partial charge on any atom is 0.263 e. The summed E-state index contributed by atoms with van der Waals surface area (Å²) in [5.41, 5.74) is 2.90. The molecule has 4 aromatic rings. The molecule has 0 bridgehead atoms. The number of hydrogen-bond acceptors (Lipinski definition) is 6. The van der Waals surface area contributed by atoms with Gasteiger partial charge in [0.2, 0.25) is 5.82 Å². The second-order valence-corrected chi connectivity index (χ2v) is 8.26. The highest BCUT2D eigenvalue weighted by Crippen LogP contribution is 2.26. The van der Waals surface area contributed by atoms with E-state index in [1.165, 1.54) is 0 Å². The van der Waals surface area contributed by atoms with Gasteiger partial charge in [0, 0.05) is 6.20 Å². The van der Waals surface area contributed by atoms with Crippen molar-refractivity contribution in [1.82, 2.24) is 15.0 Å². The number of ether oxygens (including phenoxy) is 1. The fraction of sp³-hybridized carbons (Fsp3) is 0.136. The summed E-state index contributed by atoms with van der Waals surface area (Å²) in [6.45, 7) is 2.14. The predicted octanol–water partition coefficient (Wildman–Crippen LogP) is 3.97. The Bertz CT molecular complexity index is 1260. The average molecular weight is 420 g/mol. The van der Waals surface area contributed by atoms with Crippen molar-refractivity contribution in [3.8, 4) is 5.88 Å². The lowest BCUT2D eigenvalue weighted by atomic mass is 10.2. The van der Waals surface area contributed by atoms with E-state index < -0.39 is 10.0 Å². The minimum Gasteiger partial charge on any atom is -0.469 e. The molecule has 4 rings (SSSR count). The largest absolute Gasteiger partial charge is 0.469 e. The van der Waals surface area contributed by atoms with Gasteiger partial charge in [-0.2, -0.15) is 0 Å². The van der Waals surface area contributed by atoms with Crippen molar-refractivity contribution < 1.29 is 13.2 Å². The molecule has 8 heteroatoms. The molecule has 0 aliphatic carbocycles. The molecule has 30 heavy (non-hydrogen) atoms. The van der Waals surface area contributed by atoms with Crippen LogP contribution in [0, 0.1) is 0 Å². The number of hydrogen-bond donors (Lipinski definition) is 1. The SMILES string of the molecule is CCc1ccc(S(=O)(=O)Nc2nc3ccccc3nc2OCc2ccccn2)cc1. The zero-order valence-corrected chi connectivity index (χ0v) is 17.1. The highest BCUT2D eigenvalue weighted by molar-refractivity contribution is 7.92. The van der Waals surface area contributed by atoms with Gasteiger partial charge in [0.25, 0.3) is 15.9 Å². The number of pyridine rings is 1. The van der Waals surface area contributed by atoms with Crippen molar-refractivity contribution in [2.75, 3.05) is 4.72 Å². The summed E-state index contributed by atoms with van der Waals surface area (Å²) in [6.07, 6.45) is 2.49. The van der Waals surface area contributed by atoms with Crippen LogP contribution in [0.3, 0.4) is 0 Å². The Balaban J connectivity index is 1.68. The number of aryl methyl sites for hydroxylation is 1. The fourth-order valence-electron chi connectivity index (χ4n) is 2.87. The summed E-state index contributed by atoms with van der Waals surface area (Å²) in [5, 5.41) is 0. The van der Waals surface area contributed by atoms with Crippen LogP contribution < -0.4 is 9.46 Å². The van der Waals surface area contributed by atoms with Crippen LogP contribution in [0.5, 0.6) is 5.88 Å². The van der Waals surface area contributed by atoms with E-state index in [1.54, 1.807) is 42.6 Å². The molecule has 0 saturated carbocycles. The van der Waals surface area contributed by atoms with Gasteiger partial charge in [0.1, 0.15) is 6.61 Å². The summed E-state index contributed by atoms with van der Waals surface area (Å²) < 4.78 is 34.1. The Morgan fingerprint density at radius 2 is 1.60 bits per heavy atom. The lowest BCUT2D eigenvalue weighted by molar-refractivity contribution is 0.291. The monoisotopic (exact) mass is 420 g/mol. The minimum atomic E-state index is -3.86. The molecule has 2 heterocycles. The minimum absolute atomic E-state index is 0.0317. The number of sulfonamides is 1. The van der Waals surface area contributed by atoms with Crippen LogP contribution in [0.1, 0.15) is 18.2 Å². The normalized spacial score (nSPS) is 11.4. The highest BCUT2D eigenvalue weighted by Gasteiger charge is 2.20. The van der Waals surface area contributed by atoms with E-state index >= 15 is 0 Å². The molecule has 0 unspecified atom stereocenters. The maximum absolute atomic E-state index is 12.9. The lowest BCUT2D eigenvalue weighted by Crippen LogP contribution is -2.16. The highest BCUT2D eigenvalue weighted by atomic mass is 32.2. The number of aromatic nitrogens is 3. The third-order valence-corrected chi connectivity index (χ3v) is 5.85. The summed E-state index contributed by atoms with van der Waals surface area (Å²) >= 11 is 0. The first-order valence-electron chi connectivity index (χ1n) is 9.46. The Kier molecular flexibility index (Phi) is 5.58. The molecule has 2 aromatic heterocycles. The third-order valence-electron chi connectivity index (χ3n) is 4.49. The summed E-state index contributed by atoms with van der Waals surface area (Å²) in [6, 6.07) is 19.4. The van der Waals surface area contributed by atoms with Crippen molar-refractivity contribution in [3.05, 3.63) is 84.2 Å². The van der Waals surface area contributed by atoms with E-state index in [-0.39, 0.29) is 23.2 Å². The molecule has 0 amide bonds. The van der Waals surface area contributed by atoms with E-state index in [1.807, 2.05) is 37.3 Å². The van der Waals surface area contributed by atoms with Gasteiger partial charge in [0.15, 0.2) is 0 Å². The predicted molar refractivity (Wildman–Crippen MR) is 115 cm³/mol. The number of fused-ring (bicyclic) bond motifs is 1. The van der Waals surface area contributed by atoms with Crippen molar-refractivity contribution in [2.45, 2.75) is 24.8 Å². The molecule has 1 N–H and O–H groups in total. The zero-order valence-electron chi connectivity index (χ0n) is 16.3. The molecule has 0 spiro atoms. The molecule has 0 aliphatic heterocycles. The van der Waals surface area contributed by atoms with Crippen molar-refractivity contribution in [3.63, 3.8) is 0 Å². The van der Waals surface area contributed by atoms with Crippen LogP contribution in [-0.4, -0.2) is 23.4 Å². The van der Waals surface area contributed by atoms with Gasteiger partial charge in [-0.05, 0) is 48.4 Å². The van der Waals surface area contributed by atoms with Crippen molar-refractivity contribution in [2.24, 2.45) is 0 Å². The smallest absolute Gasteiger partial charge is 0.263 e. The topological polar surface area (TPSA) is 94.1 Å². The van der Waals surface area contributed by atoms with E-state index in [4.69, 9.17) is 4.74 Å². The van der Waals surface area contributed by atoms with Gasteiger partial charge in [-0.3, -0.25) is 9.71 Å². The Labute approximate surface area is 174 Å². The second-order valence-electron chi connectivity index (χ2n) is 6.58. The first-order valence-corrected chi connectivity index (χ1v) is 10.9. The Morgan fingerprint density at radius 3 is 2.27 bits per heavy atom. The molecule has 0 fully saturated rings. The van der Waals surface area contributed by atoms with E-state index in [2.05, 4.69) is 19.7 Å². The lowest BCUT2D eigenvalue weighted by Gasteiger charge is -2.13. The van der Waals surface area contributed by atoms with E-state index in [0.717, 1.165) is 12.0 Å². The maximum atomic E-state index is 12.9. The molecule has 0 aliphatic rings. The molecule has 7 nitrogen and oxygen atoms in total. The number of nitrogens with zero attached hydrogens (tertiary/aromatic N) is 3. The number of rotatable bonds is 7. The summed E-state index contributed by atoms with van der Waals surface area (Å²) in [7, 11) is -3.86. The van der Waals surface area contributed by atoms with Crippen LogP contribution >= 0.6 is 0 Å². The summed E-state index contributed by atoms with van der Waals surface area (Å²) in [5.74, 6) is 0.123. The molecular weight excluding hydrogens is 400 g/mol. The number of benzene rings is 2. The molecule has 0 saturated heterocycles. The average Bonchev–Trinajstić information content (AvgIpc) is 2.78. The fourth-order valence-corrected chi connectivity index (χ4v) is 3.87. The number of anilines is 1. The van der Waals surface area contributed by atoms with Gasteiger partial charge in [0.05, 0.1) is 21.6 Å². The summed E-state index contributed by atoms with van der Waals surface area (Å²) in [4.78, 5) is 13.2. The first kappa shape index (κ1) is 19.8. The van der Waals surface area contributed by atoms with Gasteiger partial charge in [-0.15, -0.1) is 0 Å². The number of para-hydroxylation sites is 2. The van der Waals surface area contributed by atoms with Gasteiger partial charge >= 0.3 is 0 Å². The van der Waals surface area contributed by atoms with E-state index in [9.17, 15) is 8.42 Å². The molecular formula is C22H20N4O3S. The quantitative estimate of drug-likeness (QED) is 0.486. The van der Waals surface area contributed by atoms with Crippen molar-refractivity contribution in [1.29, 1.82) is 0 Å².